The van der Waals surface area contributed by atoms with Crippen LogP contribution in [-0.4, -0.2) is 50.3 Å². The number of halogens is 2. The van der Waals surface area contributed by atoms with Crippen molar-refractivity contribution in [3.8, 4) is 5.75 Å². The zero-order valence-corrected chi connectivity index (χ0v) is 19.2. The highest BCUT2D eigenvalue weighted by Gasteiger charge is 2.53. The number of hydrogen-bond donors (Lipinski definition) is 2. The van der Waals surface area contributed by atoms with Gasteiger partial charge in [0.1, 0.15) is 17.2 Å². The minimum absolute atomic E-state index is 0.0246. The van der Waals surface area contributed by atoms with Gasteiger partial charge in [0, 0.05) is 43.4 Å². The third kappa shape index (κ3) is 3.65. The summed E-state index contributed by atoms with van der Waals surface area (Å²) in [5.41, 5.74) is -1.60. The number of rotatable bonds is 3. The second-order valence-corrected chi connectivity index (χ2v) is 9.42. The van der Waals surface area contributed by atoms with Crippen LogP contribution in [-0.2, 0) is 11.4 Å². The maximum atomic E-state index is 14.0. The van der Waals surface area contributed by atoms with Crippen molar-refractivity contribution in [2.75, 3.05) is 6.54 Å². The lowest BCUT2D eigenvalue weighted by Gasteiger charge is -2.41. The van der Waals surface area contributed by atoms with Gasteiger partial charge >= 0.3 is 0 Å². The molecule has 2 bridgehead atoms. The Kier molecular flexibility index (Phi) is 5.37. The lowest BCUT2D eigenvalue weighted by Crippen LogP contribution is -2.52. The summed E-state index contributed by atoms with van der Waals surface area (Å²) in [5.74, 6) is -3.80. The van der Waals surface area contributed by atoms with Crippen LogP contribution in [0.5, 0.6) is 5.75 Å². The molecule has 35 heavy (non-hydrogen) atoms. The number of aromatic hydroxyl groups is 1. The van der Waals surface area contributed by atoms with E-state index >= 15 is 0 Å². The molecule has 4 heterocycles. The summed E-state index contributed by atoms with van der Waals surface area (Å²) >= 11 is 0. The molecule has 2 N–H and O–H groups in total. The molecule has 1 aromatic heterocycles. The molecule has 184 valence electrons. The molecule has 3 aliphatic heterocycles. The highest BCUT2D eigenvalue weighted by atomic mass is 19.1. The zero-order valence-electron chi connectivity index (χ0n) is 19.2. The van der Waals surface area contributed by atoms with Gasteiger partial charge in [-0.15, -0.1) is 0 Å². The molecule has 0 radical (unpaired) electrons. The van der Waals surface area contributed by atoms with Gasteiger partial charge in [0.05, 0.1) is 11.8 Å². The molecule has 1 aromatic carbocycles. The molecule has 1 fully saturated rings. The average Bonchev–Trinajstić information content (AvgIpc) is 3.14. The molecule has 5 rings (SSSR count). The van der Waals surface area contributed by atoms with Crippen LogP contribution in [0.15, 0.2) is 34.3 Å². The van der Waals surface area contributed by atoms with Crippen LogP contribution < -0.4 is 10.7 Å². The van der Waals surface area contributed by atoms with Crippen molar-refractivity contribution in [2.24, 2.45) is 5.16 Å². The molecular weight excluding hydrogens is 463 g/mol. The van der Waals surface area contributed by atoms with E-state index in [1.165, 1.54) is 16.8 Å². The maximum Gasteiger partial charge on any atom is 0.274 e. The first kappa shape index (κ1) is 23.0. The van der Waals surface area contributed by atoms with E-state index < -0.39 is 51.8 Å². The molecular formula is C24H24F2N4O5. The van der Waals surface area contributed by atoms with E-state index in [1.807, 2.05) is 13.8 Å². The van der Waals surface area contributed by atoms with Crippen LogP contribution in [0.2, 0.25) is 0 Å². The van der Waals surface area contributed by atoms with Crippen molar-refractivity contribution in [1.29, 1.82) is 0 Å². The standard InChI is InChI=1S/C24H24F2N4O5/c1-12-8-24(35-28-12)6-5-13(2)29-11-18(24)30-10-16(20(31)21(32)19(30)23(29)34)22(33)27-9-14-3-4-15(25)7-17(14)26/h3-4,7,10,13,18,32H,5-6,8-9,11H2,1-2H3,(H,27,33)/t13-,18+,24-/m0/s1/i27+1. The monoisotopic (exact) mass is 487 g/mol. The first-order chi connectivity index (χ1) is 16.6. The number of hydrogen-bond acceptors (Lipinski definition) is 6. The predicted molar refractivity (Wildman–Crippen MR) is 120 cm³/mol. The maximum absolute atomic E-state index is 14.0. The van der Waals surface area contributed by atoms with Crippen molar-refractivity contribution >= 4 is 17.5 Å². The minimum Gasteiger partial charge on any atom is -0.503 e. The van der Waals surface area contributed by atoms with E-state index in [4.69, 9.17) is 4.84 Å². The highest BCUT2D eigenvalue weighted by molar-refractivity contribution is 5.99. The van der Waals surface area contributed by atoms with Crippen molar-refractivity contribution in [3.05, 3.63) is 63.1 Å². The topological polar surface area (TPSA) is 113 Å². The van der Waals surface area contributed by atoms with Crippen LogP contribution in [0.25, 0.3) is 0 Å². The van der Waals surface area contributed by atoms with Crippen molar-refractivity contribution in [3.63, 3.8) is 0 Å². The number of nitrogens with zero attached hydrogens (tertiary/aromatic N) is 3. The van der Waals surface area contributed by atoms with Crippen molar-refractivity contribution in [2.45, 2.75) is 57.3 Å². The number of benzene rings is 1. The van der Waals surface area contributed by atoms with Crippen LogP contribution >= 0.6 is 0 Å². The molecule has 3 aliphatic rings. The second kappa shape index (κ2) is 8.17. The normalized spacial score (nSPS) is 25.1. The largest absolute Gasteiger partial charge is 0.503 e. The van der Waals surface area contributed by atoms with Crippen molar-refractivity contribution in [1.82, 2.24) is 14.8 Å². The molecule has 0 aliphatic carbocycles. The van der Waals surface area contributed by atoms with Crippen LogP contribution in [0.3, 0.4) is 0 Å². The number of pyridine rings is 1. The van der Waals surface area contributed by atoms with E-state index in [1.54, 1.807) is 4.90 Å². The number of amides is 2. The van der Waals surface area contributed by atoms with Crippen LogP contribution in [0, 0.1) is 11.6 Å². The summed E-state index contributed by atoms with van der Waals surface area (Å²) in [6, 6.07) is 2.28. The molecule has 11 heteroatoms. The molecule has 2 amide bonds. The summed E-state index contributed by atoms with van der Waals surface area (Å²) in [6.45, 7) is 3.70. The number of fused-ring (bicyclic) bond motifs is 5. The number of carbonyl (C=O) groups excluding carboxylic acids is 2. The zero-order chi connectivity index (χ0) is 25.1. The Morgan fingerprint density at radius 3 is 2.80 bits per heavy atom. The number of aromatic nitrogens is 1. The number of oxime groups is 1. The van der Waals surface area contributed by atoms with E-state index in [0.717, 1.165) is 11.8 Å². The fourth-order valence-corrected chi connectivity index (χ4v) is 5.22. The Labute approximate surface area is 199 Å². The van der Waals surface area contributed by atoms with Crippen molar-refractivity contribution < 1.29 is 28.3 Å². The lowest BCUT2D eigenvalue weighted by molar-refractivity contribution is -0.0655. The second-order valence-electron chi connectivity index (χ2n) is 9.42. The lowest BCUT2D eigenvalue weighted by atomic mass is 9.84. The molecule has 1 spiro atoms. The van der Waals surface area contributed by atoms with Gasteiger partial charge in [0.15, 0.2) is 17.0 Å². The molecule has 0 unspecified atom stereocenters. The van der Waals surface area contributed by atoms with E-state index in [9.17, 15) is 28.3 Å². The summed E-state index contributed by atoms with van der Waals surface area (Å²) in [4.78, 5) is 46.6. The number of carbonyl (C=O) groups is 2. The van der Waals surface area contributed by atoms with Gasteiger partial charge in [0.2, 0.25) is 5.43 Å². The Morgan fingerprint density at radius 1 is 1.34 bits per heavy atom. The van der Waals surface area contributed by atoms with Gasteiger partial charge in [-0.25, -0.2) is 8.78 Å². The third-order valence-electron chi connectivity index (χ3n) is 7.14. The fraction of sp³-hybridized carbons (Fsp3) is 0.417. The molecule has 0 saturated carbocycles. The predicted octanol–water partition coefficient (Wildman–Crippen LogP) is 2.48. The minimum atomic E-state index is -1.01. The summed E-state index contributed by atoms with van der Waals surface area (Å²) in [7, 11) is 0. The van der Waals surface area contributed by atoms with Gasteiger partial charge in [0.25, 0.3) is 11.8 Å². The van der Waals surface area contributed by atoms with Crippen LogP contribution in [0.1, 0.15) is 65.6 Å². The van der Waals surface area contributed by atoms with E-state index in [-0.39, 0.29) is 30.4 Å². The quantitative estimate of drug-likeness (QED) is 0.646. The van der Waals surface area contributed by atoms with Crippen LogP contribution in [0.4, 0.5) is 8.78 Å². The molecule has 3 atom stereocenters. The van der Waals surface area contributed by atoms with E-state index in [2.05, 4.69) is 10.5 Å². The average molecular weight is 487 g/mol. The summed E-state index contributed by atoms with van der Waals surface area (Å²) in [5, 5.41) is 17.3. The Hall–Kier alpha value is -3.76. The Bertz CT molecular complexity index is 1340. The first-order valence-electron chi connectivity index (χ1n) is 11.3. The Balaban J connectivity index is 1.55. The van der Waals surface area contributed by atoms with Gasteiger partial charge in [-0.2, -0.15) is 0 Å². The molecule has 9 nitrogen and oxygen atoms in total. The smallest absolute Gasteiger partial charge is 0.274 e. The highest BCUT2D eigenvalue weighted by Crippen LogP contribution is 2.46. The van der Waals surface area contributed by atoms with Gasteiger partial charge in [-0.1, -0.05) is 11.2 Å². The number of nitrogens with one attached hydrogen (secondary N) is 1. The SMILES string of the molecule is CC1=NO[C@@]2(CC[C@H](C)N3C[C@H]2n2cc(C(=O)[15NH]Cc4ccc(F)cc4F)c(=O)c(O)c2C3=O)C1. The molecule has 2 aromatic rings. The summed E-state index contributed by atoms with van der Waals surface area (Å²) in [6.07, 6.45) is 2.98. The van der Waals surface area contributed by atoms with Gasteiger partial charge in [-0.05, 0) is 32.8 Å². The third-order valence-corrected chi connectivity index (χ3v) is 7.14. The van der Waals surface area contributed by atoms with Gasteiger partial charge in [-0.3, -0.25) is 14.4 Å². The Morgan fingerprint density at radius 2 is 2.11 bits per heavy atom. The van der Waals surface area contributed by atoms with E-state index in [0.29, 0.717) is 25.3 Å². The van der Waals surface area contributed by atoms with Gasteiger partial charge < -0.3 is 24.7 Å². The first-order valence-corrected chi connectivity index (χ1v) is 11.3. The fourth-order valence-electron chi connectivity index (χ4n) is 5.22. The summed E-state index contributed by atoms with van der Waals surface area (Å²) < 4.78 is 28.6. The molecule has 1 saturated heterocycles.